The molecule has 1 heterocycles. The second-order valence-corrected chi connectivity index (χ2v) is 5.15. The summed E-state index contributed by atoms with van der Waals surface area (Å²) in [5.41, 5.74) is 7.30. The van der Waals surface area contributed by atoms with Crippen molar-refractivity contribution in [3.8, 4) is 0 Å². The first-order valence-corrected chi connectivity index (χ1v) is 6.62. The minimum absolute atomic E-state index is 0.176. The predicted octanol–water partition coefficient (Wildman–Crippen LogP) is 1.78. The van der Waals surface area contributed by atoms with Crippen LogP contribution in [0.25, 0.3) is 0 Å². The van der Waals surface area contributed by atoms with Gasteiger partial charge in [0, 0.05) is 13.1 Å². The molecular weight excluding hydrogens is 270 g/mol. The average molecular weight is 289 g/mol. The molecule has 0 saturated heterocycles. The van der Waals surface area contributed by atoms with Crippen LogP contribution in [0.3, 0.4) is 0 Å². The number of aromatic nitrogens is 3. The summed E-state index contributed by atoms with van der Waals surface area (Å²) in [7, 11) is 1.88. The van der Waals surface area contributed by atoms with Crippen LogP contribution in [-0.2, 0) is 6.54 Å². The van der Waals surface area contributed by atoms with E-state index in [1.54, 1.807) is 6.07 Å². The lowest BCUT2D eigenvalue weighted by Gasteiger charge is -2.21. The van der Waals surface area contributed by atoms with Crippen molar-refractivity contribution in [1.82, 2.24) is 14.8 Å². The van der Waals surface area contributed by atoms with Crippen LogP contribution in [0.4, 0.5) is 11.4 Å². The zero-order valence-electron chi connectivity index (χ0n) is 12.3. The summed E-state index contributed by atoms with van der Waals surface area (Å²) >= 11 is 0. The molecule has 0 amide bonds. The minimum atomic E-state index is -0.990. The van der Waals surface area contributed by atoms with Crippen molar-refractivity contribution >= 4 is 17.3 Å². The van der Waals surface area contributed by atoms with Crippen LogP contribution >= 0.6 is 0 Å². The molecule has 0 aliphatic carbocycles. The van der Waals surface area contributed by atoms with E-state index in [0.29, 0.717) is 12.2 Å². The fourth-order valence-electron chi connectivity index (χ4n) is 2.15. The Hall–Kier alpha value is -2.57. The van der Waals surface area contributed by atoms with Gasteiger partial charge in [0.25, 0.3) is 0 Å². The SMILES string of the molecule is CC(C)n1ncnc1CN(C)c1ccc(C(=O)O)cc1N. The molecule has 2 rings (SSSR count). The maximum absolute atomic E-state index is 10.9. The molecule has 0 aliphatic heterocycles. The molecule has 1 aromatic carbocycles. The fourth-order valence-corrected chi connectivity index (χ4v) is 2.15. The molecule has 7 heteroatoms. The van der Waals surface area contributed by atoms with E-state index in [9.17, 15) is 4.79 Å². The summed E-state index contributed by atoms with van der Waals surface area (Å²) in [5.74, 6) is -0.162. The van der Waals surface area contributed by atoms with E-state index in [0.717, 1.165) is 11.5 Å². The Kier molecular flexibility index (Phi) is 4.11. The second-order valence-electron chi connectivity index (χ2n) is 5.15. The van der Waals surface area contributed by atoms with Crippen molar-refractivity contribution in [2.24, 2.45) is 0 Å². The Bertz CT molecular complexity index is 651. The summed E-state index contributed by atoms with van der Waals surface area (Å²) in [5, 5.41) is 13.1. The molecule has 1 aromatic heterocycles. The molecular formula is C14H19N5O2. The number of benzene rings is 1. The number of hydrogen-bond donors (Lipinski definition) is 2. The van der Waals surface area contributed by atoms with Crippen molar-refractivity contribution in [3.05, 3.63) is 35.9 Å². The maximum Gasteiger partial charge on any atom is 0.335 e. The van der Waals surface area contributed by atoms with E-state index in [2.05, 4.69) is 10.1 Å². The van der Waals surface area contributed by atoms with Crippen LogP contribution in [0.2, 0.25) is 0 Å². The van der Waals surface area contributed by atoms with Gasteiger partial charge in [-0.2, -0.15) is 5.10 Å². The molecule has 0 aliphatic rings. The molecule has 112 valence electrons. The van der Waals surface area contributed by atoms with E-state index < -0.39 is 5.97 Å². The maximum atomic E-state index is 10.9. The number of hydrogen-bond acceptors (Lipinski definition) is 5. The molecule has 0 spiro atoms. The first-order chi connectivity index (χ1) is 9.90. The van der Waals surface area contributed by atoms with E-state index in [4.69, 9.17) is 10.8 Å². The third kappa shape index (κ3) is 3.13. The highest BCUT2D eigenvalue weighted by molar-refractivity contribution is 5.90. The topological polar surface area (TPSA) is 97.3 Å². The van der Waals surface area contributed by atoms with Crippen LogP contribution in [0.15, 0.2) is 24.5 Å². The number of nitrogens with zero attached hydrogens (tertiary/aromatic N) is 4. The number of nitrogens with two attached hydrogens (primary N) is 1. The molecule has 3 N–H and O–H groups in total. The van der Waals surface area contributed by atoms with Crippen molar-refractivity contribution in [2.45, 2.75) is 26.4 Å². The standard InChI is InChI=1S/C14H19N5O2/c1-9(2)19-13(16-8-17-19)7-18(3)12-5-4-10(14(20)21)6-11(12)15/h4-6,8-9H,7,15H2,1-3H3,(H,20,21). The van der Waals surface area contributed by atoms with E-state index in [-0.39, 0.29) is 11.6 Å². The number of carboxylic acids is 1. The lowest BCUT2D eigenvalue weighted by Crippen LogP contribution is -2.22. The molecule has 0 bridgehead atoms. The van der Waals surface area contributed by atoms with E-state index in [1.165, 1.54) is 18.5 Å². The number of carbonyl (C=O) groups is 1. The smallest absolute Gasteiger partial charge is 0.335 e. The van der Waals surface area contributed by atoms with Gasteiger partial charge in [0.15, 0.2) is 0 Å². The zero-order chi connectivity index (χ0) is 15.6. The third-order valence-electron chi connectivity index (χ3n) is 3.20. The predicted molar refractivity (Wildman–Crippen MR) is 80.3 cm³/mol. The summed E-state index contributed by atoms with van der Waals surface area (Å²) < 4.78 is 1.85. The summed E-state index contributed by atoms with van der Waals surface area (Å²) in [6.45, 7) is 4.61. The zero-order valence-corrected chi connectivity index (χ0v) is 12.3. The number of carboxylic acid groups (broad SMARTS) is 1. The number of anilines is 2. The van der Waals surface area contributed by atoms with Gasteiger partial charge in [0.2, 0.25) is 0 Å². The number of nitrogen functional groups attached to an aromatic ring is 1. The monoisotopic (exact) mass is 289 g/mol. The molecule has 0 unspecified atom stereocenters. The molecule has 2 aromatic rings. The largest absolute Gasteiger partial charge is 0.478 e. The molecule has 0 radical (unpaired) electrons. The Labute approximate surface area is 123 Å². The Morgan fingerprint density at radius 3 is 2.76 bits per heavy atom. The van der Waals surface area contributed by atoms with Crippen molar-refractivity contribution in [1.29, 1.82) is 0 Å². The van der Waals surface area contributed by atoms with Crippen molar-refractivity contribution < 1.29 is 9.90 Å². The van der Waals surface area contributed by atoms with Crippen LogP contribution < -0.4 is 10.6 Å². The van der Waals surface area contributed by atoms with Gasteiger partial charge in [0.05, 0.1) is 23.5 Å². The van der Waals surface area contributed by atoms with Gasteiger partial charge >= 0.3 is 5.97 Å². The van der Waals surface area contributed by atoms with Gasteiger partial charge in [-0.15, -0.1) is 0 Å². The summed E-state index contributed by atoms with van der Waals surface area (Å²) in [6, 6.07) is 4.93. The number of rotatable bonds is 5. The molecule has 0 saturated carbocycles. The minimum Gasteiger partial charge on any atom is -0.478 e. The van der Waals surface area contributed by atoms with Crippen LogP contribution in [0.1, 0.15) is 36.1 Å². The first-order valence-electron chi connectivity index (χ1n) is 6.62. The fraction of sp³-hybridized carbons (Fsp3) is 0.357. The van der Waals surface area contributed by atoms with E-state index >= 15 is 0 Å². The van der Waals surface area contributed by atoms with Gasteiger partial charge in [-0.05, 0) is 32.0 Å². The molecule has 21 heavy (non-hydrogen) atoms. The van der Waals surface area contributed by atoms with Crippen LogP contribution in [0, 0.1) is 0 Å². The van der Waals surface area contributed by atoms with Crippen LogP contribution in [-0.4, -0.2) is 32.9 Å². The Morgan fingerprint density at radius 2 is 2.19 bits per heavy atom. The lowest BCUT2D eigenvalue weighted by molar-refractivity contribution is 0.0697. The highest BCUT2D eigenvalue weighted by Gasteiger charge is 2.13. The van der Waals surface area contributed by atoms with Gasteiger partial charge in [0.1, 0.15) is 12.2 Å². The average Bonchev–Trinajstić information content (AvgIpc) is 2.86. The summed E-state index contributed by atoms with van der Waals surface area (Å²) in [4.78, 5) is 17.1. The van der Waals surface area contributed by atoms with Gasteiger partial charge in [-0.25, -0.2) is 14.5 Å². The quantitative estimate of drug-likeness (QED) is 0.814. The first kappa shape index (κ1) is 14.8. The third-order valence-corrected chi connectivity index (χ3v) is 3.20. The molecule has 0 atom stereocenters. The highest BCUT2D eigenvalue weighted by atomic mass is 16.4. The van der Waals surface area contributed by atoms with Crippen LogP contribution in [0.5, 0.6) is 0 Å². The highest BCUT2D eigenvalue weighted by Crippen LogP contribution is 2.24. The van der Waals surface area contributed by atoms with Crippen molar-refractivity contribution in [3.63, 3.8) is 0 Å². The van der Waals surface area contributed by atoms with Gasteiger partial charge in [-0.1, -0.05) is 0 Å². The van der Waals surface area contributed by atoms with Gasteiger partial charge in [-0.3, -0.25) is 0 Å². The normalized spacial score (nSPS) is 10.9. The second kappa shape index (κ2) is 5.82. The Morgan fingerprint density at radius 1 is 1.48 bits per heavy atom. The van der Waals surface area contributed by atoms with Crippen molar-refractivity contribution in [2.75, 3.05) is 17.7 Å². The Balaban J connectivity index is 2.22. The number of aromatic carboxylic acids is 1. The van der Waals surface area contributed by atoms with Gasteiger partial charge < -0.3 is 15.7 Å². The summed E-state index contributed by atoms with van der Waals surface area (Å²) in [6.07, 6.45) is 1.53. The lowest BCUT2D eigenvalue weighted by atomic mass is 10.1. The molecule has 0 fully saturated rings. The van der Waals surface area contributed by atoms with E-state index in [1.807, 2.05) is 30.5 Å². The molecule has 7 nitrogen and oxygen atoms in total.